The summed E-state index contributed by atoms with van der Waals surface area (Å²) in [6.45, 7) is 0.787. The highest BCUT2D eigenvalue weighted by molar-refractivity contribution is 6.21. The molecule has 144 valence electrons. The third kappa shape index (κ3) is 3.15. The molecule has 1 atom stereocenters. The van der Waals surface area contributed by atoms with Gasteiger partial charge >= 0.3 is 0 Å². The molecule has 6 nitrogen and oxygen atoms in total. The smallest absolute Gasteiger partial charge is 0.261 e. The first-order chi connectivity index (χ1) is 13.6. The molecule has 0 saturated carbocycles. The Morgan fingerprint density at radius 3 is 2.46 bits per heavy atom. The molecular weight excluding hydrogens is 356 g/mol. The number of carbonyl (C=O) groups excluding carboxylic acids is 3. The van der Waals surface area contributed by atoms with Crippen LogP contribution in [0.2, 0.25) is 0 Å². The van der Waals surface area contributed by atoms with Crippen molar-refractivity contribution in [3.63, 3.8) is 0 Å². The van der Waals surface area contributed by atoms with E-state index in [9.17, 15) is 14.4 Å². The van der Waals surface area contributed by atoms with Crippen LogP contribution in [0.5, 0.6) is 5.75 Å². The van der Waals surface area contributed by atoms with Crippen molar-refractivity contribution in [1.29, 1.82) is 0 Å². The fraction of sp³-hybridized carbons (Fsp3) is 0.318. The number of rotatable bonds is 5. The number of hydrogen-bond donors (Lipinski definition) is 0. The molecule has 0 radical (unpaired) electrons. The quantitative estimate of drug-likeness (QED) is 0.750. The lowest BCUT2D eigenvalue weighted by atomic mass is 10.0. The third-order valence-electron chi connectivity index (χ3n) is 5.48. The molecule has 3 amide bonds. The summed E-state index contributed by atoms with van der Waals surface area (Å²) in [5, 5.41) is 0. The second-order valence-corrected chi connectivity index (χ2v) is 7.08. The number of amides is 3. The average molecular weight is 378 g/mol. The van der Waals surface area contributed by atoms with Crippen LogP contribution >= 0.6 is 0 Å². The average Bonchev–Trinajstić information content (AvgIpc) is 3.31. The first-order valence-electron chi connectivity index (χ1n) is 9.49. The molecule has 0 bridgehead atoms. The van der Waals surface area contributed by atoms with Crippen LogP contribution in [0.4, 0.5) is 0 Å². The Balaban J connectivity index is 1.44. The summed E-state index contributed by atoms with van der Waals surface area (Å²) in [4.78, 5) is 40.8. The van der Waals surface area contributed by atoms with Crippen molar-refractivity contribution in [2.75, 3.05) is 20.2 Å². The molecule has 28 heavy (non-hydrogen) atoms. The van der Waals surface area contributed by atoms with E-state index in [1.54, 1.807) is 31.4 Å². The molecule has 1 saturated heterocycles. The van der Waals surface area contributed by atoms with Gasteiger partial charge in [0.25, 0.3) is 11.8 Å². The van der Waals surface area contributed by atoms with Gasteiger partial charge in [-0.3, -0.25) is 19.3 Å². The lowest BCUT2D eigenvalue weighted by Crippen LogP contribution is -2.36. The number of hydrogen-bond acceptors (Lipinski definition) is 4. The van der Waals surface area contributed by atoms with Crippen LogP contribution in [0.1, 0.15) is 51.6 Å². The Labute approximate surface area is 163 Å². The van der Waals surface area contributed by atoms with Crippen LogP contribution in [-0.2, 0) is 4.79 Å². The van der Waals surface area contributed by atoms with Gasteiger partial charge in [-0.05, 0) is 42.7 Å². The maximum absolute atomic E-state index is 12.9. The maximum atomic E-state index is 12.9. The molecule has 1 fully saturated rings. The van der Waals surface area contributed by atoms with Crippen LogP contribution < -0.4 is 4.74 Å². The minimum atomic E-state index is -0.320. The standard InChI is InChI=1S/C22H22N2O4/c1-28-16-7-4-6-15(14-16)19-10-5-12-23(19)20(25)11-13-24-21(26)17-8-2-3-9-18(17)22(24)27/h2-4,6-9,14,19H,5,10-13H2,1H3/t19-/m1/s1. The van der Waals surface area contributed by atoms with Gasteiger partial charge in [-0.25, -0.2) is 0 Å². The van der Waals surface area contributed by atoms with E-state index in [0.29, 0.717) is 17.7 Å². The zero-order valence-electron chi connectivity index (χ0n) is 15.8. The number of benzene rings is 2. The highest BCUT2D eigenvalue weighted by atomic mass is 16.5. The second kappa shape index (κ2) is 7.46. The molecule has 4 rings (SSSR count). The summed E-state index contributed by atoms with van der Waals surface area (Å²) in [6, 6.07) is 14.5. The molecular formula is C22H22N2O4. The fourth-order valence-corrected chi connectivity index (χ4v) is 4.05. The Hall–Kier alpha value is -3.15. The normalized spacial score (nSPS) is 18.5. The molecule has 0 spiro atoms. The van der Waals surface area contributed by atoms with Gasteiger partial charge in [0.1, 0.15) is 5.75 Å². The largest absolute Gasteiger partial charge is 0.497 e. The van der Waals surface area contributed by atoms with Crippen molar-refractivity contribution in [3.05, 3.63) is 65.2 Å². The van der Waals surface area contributed by atoms with E-state index < -0.39 is 0 Å². The Morgan fingerprint density at radius 2 is 1.79 bits per heavy atom. The van der Waals surface area contributed by atoms with Gasteiger partial charge in [0.15, 0.2) is 0 Å². The first kappa shape index (κ1) is 18.2. The molecule has 0 aliphatic carbocycles. The molecule has 2 aliphatic heterocycles. The van der Waals surface area contributed by atoms with Gasteiger partial charge in [-0.1, -0.05) is 24.3 Å². The van der Waals surface area contributed by atoms with Gasteiger partial charge in [0.05, 0.1) is 24.3 Å². The molecule has 2 aromatic carbocycles. The van der Waals surface area contributed by atoms with Crippen LogP contribution in [0.15, 0.2) is 48.5 Å². The summed E-state index contributed by atoms with van der Waals surface area (Å²) in [5.41, 5.74) is 1.87. The third-order valence-corrected chi connectivity index (χ3v) is 5.48. The van der Waals surface area contributed by atoms with Gasteiger partial charge in [-0.15, -0.1) is 0 Å². The Kier molecular flexibility index (Phi) is 4.86. The van der Waals surface area contributed by atoms with E-state index in [1.165, 1.54) is 4.90 Å². The zero-order valence-corrected chi connectivity index (χ0v) is 15.8. The van der Waals surface area contributed by atoms with Gasteiger partial charge in [0, 0.05) is 19.5 Å². The van der Waals surface area contributed by atoms with Gasteiger partial charge < -0.3 is 9.64 Å². The SMILES string of the molecule is COc1cccc([C@H]2CCCN2C(=O)CCN2C(=O)c3ccccc3C2=O)c1. The van der Waals surface area contributed by atoms with Gasteiger partial charge in [-0.2, -0.15) is 0 Å². The Morgan fingerprint density at radius 1 is 1.07 bits per heavy atom. The predicted molar refractivity (Wildman–Crippen MR) is 103 cm³/mol. The van der Waals surface area contributed by atoms with Crippen molar-refractivity contribution in [1.82, 2.24) is 9.80 Å². The topological polar surface area (TPSA) is 66.9 Å². The molecule has 0 aromatic heterocycles. The molecule has 6 heteroatoms. The van der Waals surface area contributed by atoms with Crippen molar-refractivity contribution in [3.8, 4) is 5.75 Å². The summed E-state index contributed by atoms with van der Waals surface area (Å²) in [7, 11) is 1.62. The van der Waals surface area contributed by atoms with E-state index in [4.69, 9.17) is 4.74 Å². The molecule has 0 N–H and O–H groups in total. The minimum Gasteiger partial charge on any atom is -0.497 e. The van der Waals surface area contributed by atoms with Crippen molar-refractivity contribution >= 4 is 17.7 Å². The molecule has 2 aliphatic rings. The predicted octanol–water partition coefficient (Wildman–Crippen LogP) is 3.05. The van der Waals surface area contributed by atoms with E-state index in [1.807, 2.05) is 29.2 Å². The minimum absolute atomic E-state index is 0.00442. The molecule has 2 heterocycles. The van der Waals surface area contributed by atoms with E-state index in [-0.39, 0.29) is 36.7 Å². The maximum Gasteiger partial charge on any atom is 0.261 e. The van der Waals surface area contributed by atoms with Crippen LogP contribution in [-0.4, -0.2) is 47.7 Å². The summed E-state index contributed by atoms with van der Waals surface area (Å²) in [6.07, 6.45) is 1.96. The highest BCUT2D eigenvalue weighted by Gasteiger charge is 2.36. The summed E-state index contributed by atoms with van der Waals surface area (Å²) < 4.78 is 5.29. The van der Waals surface area contributed by atoms with E-state index in [0.717, 1.165) is 24.2 Å². The second-order valence-electron chi connectivity index (χ2n) is 7.08. The number of fused-ring (bicyclic) bond motifs is 1. The lowest BCUT2D eigenvalue weighted by Gasteiger charge is -2.26. The number of likely N-dealkylation sites (tertiary alicyclic amines) is 1. The number of methoxy groups -OCH3 is 1. The van der Waals surface area contributed by atoms with Crippen LogP contribution in [0, 0.1) is 0 Å². The molecule has 2 aromatic rings. The molecule has 0 unspecified atom stereocenters. The summed E-state index contributed by atoms with van der Waals surface area (Å²) >= 11 is 0. The summed E-state index contributed by atoms with van der Waals surface area (Å²) in [5.74, 6) is 0.0861. The van der Waals surface area contributed by atoms with Crippen LogP contribution in [0.3, 0.4) is 0 Å². The number of carbonyl (C=O) groups is 3. The highest BCUT2D eigenvalue weighted by Crippen LogP contribution is 2.34. The van der Waals surface area contributed by atoms with Crippen molar-refractivity contribution in [2.24, 2.45) is 0 Å². The monoisotopic (exact) mass is 378 g/mol. The van der Waals surface area contributed by atoms with Crippen LogP contribution in [0.25, 0.3) is 0 Å². The fourth-order valence-electron chi connectivity index (χ4n) is 4.05. The Bertz CT molecular complexity index is 905. The van der Waals surface area contributed by atoms with E-state index in [2.05, 4.69) is 0 Å². The number of imide groups is 1. The van der Waals surface area contributed by atoms with Crippen molar-refractivity contribution in [2.45, 2.75) is 25.3 Å². The van der Waals surface area contributed by atoms with Gasteiger partial charge in [0.2, 0.25) is 5.91 Å². The zero-order chi connectivity index (χ0) is 19.7. The van der Waals surface area contributed by atoms with E-state index >= 15 is 0 Å². The lowest BCUT2D eigenvalue weighted by molar-refractivity contribution is -0.132. The number of nitrogens with zero attached hydrogens (tertiary/aromatic N) is 2. The first-order valence-corrected chi connectivity index (χ1v) is 9.49. The van der Waals surface area contributed by atoms with Crippen molar-refractivity contribution < 1.29 is 19.1 Å². The number of ether oxygens (including phenoxy) is 1.